The van der Waals surface area contributed by atoms with Crippen LogP contribution < -0.4 is 15.2 Å². The molecule has 0 aliphatic carbocycles. The summed E-state index contributed by atoms with van der Waals surface area (Å²) in [5, 5.41) is 9.68. The molecule has 0 aliphatic rings. The van der Waals surface area contributed by atoms with Gasteiger partial charge < -0.3 is 29.8 Å². The predicted molar refractivity (Wildman–Crippen MR) is 146 cm³/mol. The number of carbonyl (C=O) groups is 4. The van der Waals surface area contributed by atoms with Gasteiger partial charge in [-0.05, 0) is 78.0 Å². The quantitative estimate of drug-likeness (QED) is 0.160. The zero-order chi connectivity index (χ0) is 30.0. The first-order valence-electron chi connectivity index (χ1n) is 13.5. The van der Waals surface area contributed by atoms with Gasteiger partial charge in [0.2, 0.25) is 0 Å². The number of unbranched alkanes of at least 4 members (excludes halogenated alkanes) is 1. The molecule has 0 bridgehead atoms. The SMILES string of the molecule is CCCCOC(=O)OC(C)CC(c1ccc(OC(=O)C(C)(C)CC)c(OC(=O)C(C)(C)CC)c1)[C@H](N)C(=O)O. The molecule has 0 amide bonds. The van der Waals surface area contributed by atoms with Crippen LogP contribution in [0.1, 0.15) is 99.0 Å². The Hall–Kier alpha value is -3.14. The molecular formula is C29H45NO9. The molecule has 0 heterocycles. The number of carboxylic acids is 1. The fraction of sp³-hybridized carbons (Fsp3) is 0.655. The molecule has 3 N–H and O–H groups in total. The van der Waals surface area contributed by atoms with E-state index in [1.54, 1.807) is 40.7 Å². The second kappa shape index (κ2) is 14.9. The first-order chi connectivity index (χ1) is 18.1. The molecule has 0 aromatic heterocycles. The Kier molecular flexibility index (Phi) is 12.9. The molecule has 0 aliphatic heterocycles. The summed E-state index contributed by atoms with van der Waals surface area (Å²) in [4.78, 5) is 49.6. The molecule has 39 heavy (non-hydrogen) atoms. The summed E-state index contributed by atoms with van der Waals surface area (Å²) in [6.07, 6.45) is 1.03. The van der Waals surface area contributed by atoms with E-state index in [0.717, 1.165) is 6.42 Å². The van der Waals surface area contributed by atoms with Crippen LogP contribution in [0.4, 0.5) is 4.79 Å². The van der Waals surface area contributed by atoms with Gasteiger partial charge in [0, 0.05) is 5.92 Å². The third-order valence-corrected chi connectivity index (χ3v) is 6.99. The monoisotopic (exact) mass is 551 g/mol. The van der Waals surface area contributed by atoms with Gasteiger partial charge >= 0.3 is 24.1 Å². The van der Waals surface area contributed by atoms with E-state index in [0.29, 0.717) is 24.8 Å². The minimum atomic E-state index is -1.37. The molecule has 1 aromatic carbocycles. The Balaban J connectivity index is 3.41. The largest absolute Gasteiger partial charge is 0.508 e. The fourth-order valence-corrected chi connectivity index (χ4v) is 3.25. The highest BCUT2D eigenvalue weighted by Gasteiger charge is 2.34. The molecule has 1 rings (SSSR count). The summed E-state index contributed by atoms with van der Waals surface area (Å²) in [6, 6.07) is 3.09. The standard InChI is InChI=1S/C29H45NO9/c1-9-12-15-36-27(35)37-18(4)16-20(23(30)24(31)32)19-13-14-21(38-25(33)28(5,6)10-2)22(17-19)39-26(34)29(7,8)11-3/h13-14,17-18,20,23H,9-12,15-16,30H2,1-8H3,(H,31,32)/t18?,20?,23-/m0/s1. The topological polar surface area (TPSA) is 151 Å². The molecule has 0 fully saturated rings. The van der Waals surface area contributed by atoms with Crippen LogP contribution in [0.2, 0.25) is 0 Å². The lowest BCUT2D eigenvalue weighted by atomic mass is 9.86. The maximum absolute atomic E-state index is 12.9. The molecule has 2 unspecified atom stereocenters. The number of esters is 2. The molecule has 3 atom stereocenters. The molecule has 0 saturated carbocycles. The number of carbonyl (C=O) groups excluding carboxylic acids is 3. The van der Waals surface area contributed by atoms with E-state index in [1.165, 1.54) is 12.1 Å². The Morgan fingerprint density at radius 2 is 1.46 bits per heavy atom. The third kappa shape index (κ3) is 10.2. The van der Waals surface area contributed by atoms with E-state index in [2.05, 4.69) is 0 Å². The highest BCUT2D eigenvalue weighted by molar-refractivity contribution is 5.81. The number of ether oxygens (including phenoxy) is 4. The number of aliphatic carboxylic acids is 1. The highest BCUT2D eigenvalue weighted by Crippen LogP contribution is 2.37. The van der Waals surface area contributed by atoms with Crippen molar-refractivity contribution in [2.75, 3.05) is 6.61 Å². The van der Waals surface area contributed by atoms with E-state index in [1.807, 2.05) is 20.8 Å². The molecule has 220 valence electrons. The minimum absolute atomic E-state index is 0.0250. The van der Waals surface area contributed by atoms with Crippen LogP contribution in [-0.2, 0) is 23.9 Å². The summed E-state index contributed by atoms with van der Waals surface area (Å²) < 4.78 is 21.6. The molecular weight excluding hydrogens is 506 g/mol. The van der Waals surface area contributed by atoms with Gasteiger partial charge in [-0.2, -0.15) is 0 Å². The third-order valence-electron chi connectivity index (χ3n) is 6.99. The van der Waals surface area contributed by atoms with E-state index in [9.17, 15) is 24.3 Å². The molecule has 0 spiro atoms. The molecule has 10 nitrogen and oxygen atoms in total. The van der Waals surface area contributed by atoms with Gasteiger partial charge in [0.05, 0.1) is 17.4 Å². The van der Waals surface area contributed by atoms with Crippen molar-refractivity contribution >= 4 is 24.1 Å². The van der Waals surface area contributed by atoms with Crippen LogP contribution in [0.15, 0.2) is 18.2 Å². The molecule has 10 heteroatoms. The summed E-state index contributed by atoms with van der Waals surface area (Å²) in [5.74, 6) is -3.16. The Labute approximate surface area is 231 Å². The average molecular weight is 552 g/mol. The first-order valence-corrected chi connectivity index (χ1v) is 13.5. The van der Waals surface area contributed by atoms with E-state index in [4.69, 9.17) is 24.7 Å². The zero-order valence-electron chi connectivity index (χ0n) is 24.5. The van der Waals surface area contributed by atoms with Gasteiger partial charge in [-0.3, -0.25) is 14.4 Å². The lowest BCUT2D eigenvalue weighted by Gasteiger charge is -2.26. The normalized spacial score (nSPS) is 14.1. The number of benzene rings is 1. The summed E-state index contributed by atoms with van der Waals surface area (Å²) in [6.45, 7) is 14.4. The maximum Gasteiger partial charge on any atom is 0.508 e. The number of hydrogen-bond acceptors (Lipinski definition) is 9. The summed E-state index contributed by atoms with van der Waals surface area (Å²) in [7, 11) is 0. The second-order valence-corrected chi connectivity index (χ2v) is 11.0. The van der Waals surface area contributed by atoms with Gasteiger partial charge in [-0.1, -0.05) is 33.3 Å². The first kappa shape index (κ1) is 33.9. The number of carboxylic acid groups (broad SMARTS) is 1. The fourth-order valence-electron chi connectivity index (χ4n) is 3.25. The molecule has 0 saturated heterocycles. The van der Waals surface area contributed by atoms with Crippen molar-refractivity contribution in [2.24, 2.45) is 16.6 Å². The van der Waals surface area contributed by atoms with Crippen molar-refractivity contribution in [2.45, 2.75) is 106 Å². The number of rotatable bonds is 15. The van der Waals surface area contributed by atoms with Gasteiger partial charge in [0.15, 0.2) is 11.5 Å². The van der Waals surface area contributed by atoms with Crippen molar-refractivity contribution in [3.63, 3.8) is 0 Å². The van der Waals surface area contributed by atoms with Crippen LogP contribution in [0.25, 0.3) is 0 Å². The van der Waals surface area contributed by atoms with Gasteiger partial charge in [0.1, 0.15) is 12.1 Å². The van der Waals surface area contributed by atoms with E-state index < -0.39 is 53.0 Å². The summed E-state index contributed by atoms with van der Waals surface area (Å²) >= 11 is 0. The van der Waals surface area contributed by atoms with Crippen molar-refractivity contribution < 1.29 is 43.2 Å². The molecule has 1 aromatic rings. The Bertz CT molecular complexity index is 1000. The van der Waals surface area contributed by atoms with Crippen LogP contribution >= 0.6 is 0 Å². The Morgan fingerprint density at radius 3 is 1.95 bits per heavy atom. The zero-order valence-corrected chi connectivity index (χ0v) is 24.5. The minimum Gasteiger partial charge on any atom is -0.480 e. The predicted octanol–water partition coefficient (Wildman–Crippen LogP) is 5.60. The number of hydrogen-bond donors (Lipinski definition) is 2. The second-order valence-electron chi connectivity index (χ2n) is 11.0. The van der Waals surface area contributed by atoms with Gasteiger partial charge in [0.25, 0.3) is 0 Å². The van der Waals surface area contributed by atoms with Crippen molar-refractivity contribution in [3.05, 3.63) is 23.8 Å². The highest BCUT2D eigenvalue weighted by atomic mass is 16.7. The van der Waals surface area contributed by atoms with Crippen molar-refractivity contribution in [1.29, 1.82) is 0 Å². The lowest BCUT2D eigenvalue weighted by Crippen LogP contribution is -2.38. The van der Waals surface area contributed by atoms with Gasteiger partial charge in [-0.15, -0.1) is 0 Å². The van der Waals surface area contributed by atoms with E-state index >= 15 is 0 Å². The van der Waals surface area contributed by atoms with Crippen LogP contribution in [-0.4, -0.2) is 47.9 Å². The van der Waals surface area contributed by atoms with Crippen molar-refractivity contribution in [1.82, 2.24) is 0 Å². The smallest absolute Gasteiger partial charge is 0.480 e. The lowest BCUT2D eigenvalue weighted by molar-refractivity contribution is -0.147. The van der Waals surface area contributed by atoms with Gasteiger partial charge in [-0.25, -0.2) is 4.79 Å². The van der Waals surface area contributed by atoms with Crippen molar-refractivity contribution in [3.8, 4) is 11.5 Å². The van der Waals surface area contributed by atoms with E-state index in [-0.39, 0.29) is 24.5 Å². The summed E-state index contributed by atoms with van der Waals surface area (Å²) in [5.41, 5.74) is 4.85. The number of nitrogens with two attached hydrogens (primary N) is 1. The average Bonchev–Trinajstić information content (AvgIpc) is 2.87. The maximum atomic E-state index is 12.9. The van der Waals surface area contributed by atoms with Crippen LogP contribution in [0, 0.1) is 10.8 Å². The Morgan fingerprint density at radius 1 is 0.923 bits per heavy atom. The van der Waals surface area contributed by atoms with Crippen LogP contribution in [0.5, 0.6) is 11.5 Å². The van der Waals surface area contributed by atoms with Crippen LogP contribution in [0.3, 0.4) is 0 Å². The molecule has 0 radical (unpaired) electrons.